The SMILES string of the molecule is Cc1cc(F)ccc1NC(=O)COc1cc(Cl)c(Cl)cc1Cl. The molecular formula is C15H11Cl3FNO2. The van der Waals surface area contributed by atoms with Gasteiger partial charge in [-0.15, -0.1) is 0 Å². The minimum Gasteiger partial charge on any atom is -0.482 e. The molecular weight excluding hydrogens is 352 g/mol. The molecule has 0 aromatic heterocycles. The average Bonchev–Trinajstić information content (AvgIpc) is 2.44. The van der Waals surface area contributed by atoms with E-state index in [1.165, 1.54) is 30.3 Å². The Kier molecular flexibility index (Phi) is 5.51. The van der Waals surface area contributed by atoms with Crippen LogP contribution >= 0.6 is 34.8 Å². The highest BCUT2D eigenvalue weighted by Crippen LogP contribution is 2.33. The first kappa shape index (κ1) is 16.9. The Bertz CT molecular complexity index is 722. The van der Waals surface area contributed by atoms with Gasteiger partial charge in [-0.1, -0.05) is 34.8 Å². The van der Waals surface area contributed by atoms with Crippen LogP contribution in [0.25, 0.3) is 0 Å². The van der Waals surface area contributed by atoms with Crippen LogP contribution in [0.15, 0.2) is 30.3 Å². The lowest BCUT2D eigenvalue weighted by molar-refractivity contribution is -0.118. The highest BCUT2D eigenvalue weighted by atomic mass is 35.5. The van der Waals surface area contributed by atoms with Crippen molar-refractivity contribution in [1.29, 1.82) is 0 Å². The highest BCUT2D eigenvalue weighted by molar-refractivity contribution is 6.43. The van der Waals surface area contributed by atoms with E-state index in [2.05, 4.69) is 5.32 Å². The van der Waals surface area contributed by atoms with Crippen molar-refractivity contribution in [3.8, 4) is 5.75 Å². The second-order valence-electron chi connectivity index (χ2n) is 4.49. The molecule has 22 heavy (non-hydrogen) atoms. The maximum atomic E-state index is 13.0. The van der Waals surface area contributed by atoms with Crippen LogP contribution in [0.3, 0.4) is 0 Å². The lowest BCUT2D eigenvalue weighted by atomic mass is 10.2. The zero-order valence-corrected chi connectivity index (χ0v) is 13.7. The van der Waals surface area contributed by atoms with Crippen molar-refractivity contribution in [1.82, 2.24) is 0 Å². The first-order valence-corrected chi connectivity index (χ1v) is 7.33. The number of hydrogen-bond donors (Lipinski definition) is 1. The summed E-state index contributed by atoms with van der Waals surface area (Å²) in [6.07, 6.45) is 0. The molecule has 0 unspecified atom stereocenters. The predicted octanol–water partition coefficient (Wildman–Crippen LogP) is 5.11. The summed E-state index contributed by atoms with van der Waals surface area (Å²) < 4.78 is 18.3. The van der Waals surface area contributed by atoms with Crippen LogP contribution in [-0.2, 0) is 4.79 Å². The van der Waals surface area contributed by atoms with E-state index in [4.69, 9.17) is 39.5 Å². The minimum absolute atomic E-state index is 0.250. The van der Waals surface area contributed by atoms with Gasteiger partial charge in [0.2, 0.25) is 0 Å². The van der Waals surface area contributed by atoms with E-state index < -0.39 is 5.91 Å². The monoisotopic (exact) mass is 361 g/mol. The van der Waals surface area contributed by atoms with Crippen LogP contribution in [0.1, 0.15) is 5.56 Å². The molecule has 0 radical (unpaired) electrons. The molecule has 0 bridgehead atoms. The number of benzene rings is 2. The Hall–Kier alpha value is -1.49. The molecule has 2 rings (SSSR count). The predicted molar refractivity (Wildman–Crippen MR) is 86.7 cm³/mol. The van der Waals surface area contributed by atoms with Crippen molar-refractivity contribution in [3.63, 3.8) is 0 Å². The molecule has 0 aliphatic heterocycles. The van der Waals surface area contributed by atoms with E-state index in [0.717, 1.165) is 0 Å². The van der Waals surface area contributed by atoms with E-state index >= 15 is 0 Å². The van der Waals surface area contributed by atoms with Crippen molar-refractivity contribution >= 4 is 46.4 Å². The molecule has 0 fully saturated rings. The number of amides is 1. The zero-order valence-electron chi connectivity index (χ0n) is 11.4. The van der Waals surface area contributed by atoms with E-state index in [0.29, 0.717) is 16.3 Å². The second-order valence-corrected chi connectivity index (χ2v) is 5.71. The third kappa shape index (κ3) is 4.26. The van der Waals surface area contributed by atoms with Gasteiger partial charge in [0, 0.05) is 11.8 Å². The van der Waals surface area contributed by atoms with Gasteiger partial charge in [-0.2, -0.15) is 0 Å². The summed E-state index contributed by atoms with van der Waals surface area (Å²) in [7, 11) is 0. The number of carbonyl (C=O) groups is 1. The fourth-order valence-electron chi connectivity index (χ4n) is 1.71. The third-order valence-corrected chi connectivity index (χ3v) is 3.81. The maximum Gasteiger partial charge on any atom is 0.262 e. The van der Waals surface area contributed by atoms with Crippen LogP contribution in [0.5, 0.6) is 5.75 Å². The number of carbonyl (C=O) groups excluding carboxylic acids is 1. The van der Waals surface area contributed by atoms with E-state index in [1.54, 1.807) is 6.92 Å². The molecule has 0 spiro atoms. The summed E-state index contributed by atoms with van der Waals surface area (Å²) in [5.41, 5.74) is 1.12. The number of halogens is 4. The van der Waals surface area contributed by atoms with Gasteiger partial charge >= 0.3 is 0 Å². The maximum absolute atomic E-state index is 13.0. The minimum atomic E-state index is -0.406. The van der Waals surface area contributed by atoms with Gasteiger partial charge in [0.25, 0.3) is 5.91 Å². The molecule has 0 saturated heterocycles. The Balaban J connectivity index is 2.00. The lowest BCUT2D eigenvalue weighted by Gasteiger charge is -2.11. The summed E-state index contributed by atoms with van der Waals surface area (Å²) >= 11 is 17.6. The lowest BCUT2D eigenvalue weighted by Crippen LogP contribution is -2.20. The number of ether oxygens (including phenoxy) is 1. The highest BCUT2D eigenvalue weighted by Gasteiger charge is 2.10. The quantitative estimate of drug-likeness (QED) is 0.767. The summed E-state index contributed by atoms with van der Waals surface area (Å²) in [5, 5.41) is 3.44. The van der Waals surface area contributed by atoms with Crippen molar-refractivity contribution < 1.29 is 13.9 Å². The molecule has 2 aromatic carbocycles. The summed E-state index contributed by atoms with van der Waals surface area (Å²) in [6.45, 7) is 1.42. The van der Waals surface area contributed by atoms with Crippen LogP contribution in [0.2, 0.25) is 15.1 Å². The summed E-state index contributed by atoms with van der Waals surface area (Å²) in [4.78, 5) is 11.9. The van der Waals surface area contributed by atoms with Gasteiger partial charge < -0.3 is 10.1 Å². The van der Waals surface area contributed by atoms with E-state index in [-0.39, 0.29) is 28.2 Å². The molecule has 1 amide bonds. The largest absolute Gasteiger partial charge is 0.482 e. The Labute approximate surface area is 141 Å². The van der Waals surface area contributed by atoms with Crippen molar-refractivity contribution in [3.05, 3.63) is 56.8 Å². The molecule has 2 aromatic rings. The molecule has 0 aliphatic carbocycles. The number of hydrogen-bond acceptors (Lipinski definition) is 2. The molecule has 7 heteroatoms. The van der Waals surface area contributed by atoms with Crippen molar-refractivity contribution in [2.24, 2.45) is 0 Å². The first-order valence-electron chi connectivity index (χ1n) is 6.20. The molecule has 0 saturated carbocycles. The molecule has 0 atom stereocenters. The number of rotatable bonds is 4. The van der Waals surface area contributed by atoms with Crippen molar-refractivity contribution in [2.75, 3.05) is 11.9 Å². The van der Waals surface area contributed by atoms with Gasteiger partial charge in [-0.3, -0.25) is 4.79 Å². The Morgan fingerprint density at radius 3 is 2.50 bits per heavy atom. The Morgan fingerprint density at radius 2 is 1.82 bits per heavy atom. The smallest absolute Gasteiger partial charge is 0.262 e. The topological polar surface area (TPSA) is 38.3 Å². The normalized spacial score (nSPS) is 10.4. The zero-order chi connectivity index (χ0) is 16.3. The van der Waals surface area contributed by atoms with Gasteiger partial charge in [-0.25, -0.2) is 4.39 Å². The third-order valence-electron chi connectivity index (χ3n) is 2.80. The summed E-state index contributed by atoms with van der Waals surface area (Å²) in [6, 6.07) is 6.94. The summed E-state index contributed by atoms with van der Waals surface area (Å²) in [5.74, 6) is -0.520. The fraction of sp³-hybridized carbons (Fsp3) is 0.133. The number of aryl methyl sites for hydroxylation is 1. The van der Waals surface area contributed by atoms with E-state index in [9.17, 15) is 9.18 Å². The number of anilines is 1. The van der Waals surface area contributed by atoms with Gasteiger partial charge in [0.1, 0.15) is 11.6 Å². The fourth-order valence-corrected chi connectivity index (χ4v) is 2.30. The molecule has 1 N–H and O–H groups in total. The Morgan fingerprint density at radius 1 is 1.14 bits per heavy atom. The van der Waals surface area contributed by atoms with E-state index in [1.807, 2.05) is 0 Å². The molecule has 116 valence electrons. The van der Waals surface area contributed by atoms with Crippen LogP contribution in [0.4, 0.5) is 10.1 Å². The van der Waals surface area contributed by atoms with Crippen molar-refractivity contribution in [2.45, 2.75) is 6.92 Å². The van der Waals surface area contributed by atoms with Crippen LogP contribution in [0, 0.1) is 12.7 Å². The van der Waals surface area contributed by atoms with Gasteiger partial charge in [-0.05, 0) is 36.8 Å². The second kappa shape index (κ2) is 7.18. The van der Waals surface area contributed by atoms with Crippen LogP contribution < -0.4 is 10.1 Å². The number of nitrogens with one attached hydrogen (secondary N) is 1. The van der Waals surface area contributed by atoms with Gasteiger partial charge in [0.05, 0.1) is 15.1 Å². The molecule has 0 heterocycles. The first-order chi connectivity index (χ1) is 10.4. The molecule has 3 nitrogen and oxygen atoms in total. The average molecular weight is 363 g/mol. The standard InChI is InChI=1S/C15H11Cl3FNO2/c1-8-4-9(19)2-3-13(8)20-15(21)7-22-14-6-11(17)10(16)5-12(14)18/h2-6H,7H2,1H3,(H,20,21). The van der Waals surface area contributed by atoms with Crippen LogP contribution in [-0.4, -0.2) is 12.5 Å². The molecule has 0 aliphatic rings. The van der Waals surface area contributed by atoms with Gasteiger partial charge in [0.15, 0.2) is 6.61 Å².